The number of aliphatic imine (C=N–C) groups is 1. The highest BCUT2D eigenvalue weighted by molar-refractivity contribution is 6.33. The maximum Gasteiger partial charge on any atom is 0.135 e. The number of nitrogens with one attached hydrogen (secondary N) is 1. The number of halogens is 2. The van der Waals surface area contributed by atoms with E-state index in [1.807, 2.05) is 29.8 Å². The SMILES string of the molecule is Cc1ncccc1-c1cc2c(NC3CCC(N)CC3)c(C(N)=Nc3cc(F)ccc3Cl)cnn2c1. The standard InChI is InChI=1S/C26H27ClFN7/c1-15-20(3-2-10-31-15)16-11-24-25(33-19-7-5-18(29)6-8-19)21(13-32-35(24)14-16)26(30)34-23-12-17(28)4-9-22(23)27/h2-4,9-14,18-19,33H,5-8,29H2,1H3,(H2,30,34). The third kappa shape index (κ3) is 4.85. The average Bonchev–Trinajstić information content (AvgIpc) is 3.28. The molecule has 180 valence electrons. The molecule has 35 heavy (non-hydrogen) atoms. The lowest BCUT2D eigenvalue weighted by Gasteiger charge is -2.28. The highest BCUT2D eigenvalue weighted by atomic mass is 35.5. The number of anilines is 1. The third-order valence-electron chi connectivity index (χ3n) is 6.50. The molecule has 0 unspecified atom stereocenters. The molecule has 5 rings (SSSR count). The van der Waals surface area contributed by atoms with E-state index in [0.29, 0.717) is 10.6 Å². The number of rotatable bonds is 5. The Morgan fingerprint density at radius 2 is 2.00 bits per heavy atom. The van der Waals surface area contributed by atoms with Gasteiger partial charge in [-0.2, -0.15) is 5.10 Å². The van der Waals surface area contributed by atoms with Crippen molar-refractivity contribution < 1.29 is 4.39 Å². The summed E-state index contributed by atoms with van der Waals surface area (Å²) in [5.74, 6) is -0.239. The second-order valence-corrected chi connectivity index (χ2v) is 9.38. The fourth-order valence-corrected chi connectivity index (χ4v) is 4.73. The molecule has 7 nitrogen and oxygen atoms in total. The monoisotopic (exact) mass is 491 g/mol. The van der Waals surface area contributed by atoms with Crippen LogP contribution in [-0.2, 0) is 0 Å². The molecule has 1 saturated carbocycles. The molecule has 4 aromatic rings. The average molecular weight is 492 g/mol. The lowest BCUT2D eigenvalue weighted by atomic mass is 9.91. The van der Waals surface area contributed by atoms with Crippen molar-refractivity contribution in [3.05, 3.63) is 77.1 Å². The second kappa shape index (κ2) is 9.64. The number of aromatic nitrogens is 3. The Kier molecular flexibility index (Phi) is 6.40. The molecule has 0 spiro atoms. The van der Waals surface area contributed by atoms with E-state index in [0.717, 1.165) is 53.7 Å². The van der Waals surface area contributed by atoms with E-state index in [1.165, 1.54) is 18.2 Å². The normalized spacial score (nSPS) is 18.7. The minimum Gasteiger partial charge on any atom is -0.383 e. The summed E-state index contributed by atoms with van der Waals surface area (Å²) in [5, 5.41) is 8.59. The van der Waals surface area contributed by atoms with Gasteiger partial charge in [-0.05, 0) is 56.9 Å². The van der Waals surface area contributed by atoms with Crippen LogP contribution in [0.1, 0.15) is 36.9 Å². The minimum atomic E-state index is -0.436. The van der Waals surface area contributed by atoms with Gasteiger partial charge in [-0.1, -0.05) is 17.7 Å². The quantitative estimate of drug-likeness (QED) is 0.262. The molecule has 0 bridgehead atoms. The van der Waals surface area contributed by atoms with Crippen LogP contribution in [0.25, 0.3) is 16.6 Å². The molecule has 1 aliphatic carbocycles. The predicted molar refractivity (Wildman–Crippen MR) is 139 cm³/mol. The summed E-state index contributed by atoms with van der Waals surface area (Å²) in [7, 11) is 0. The summed E-state index contributed by atoms with van der Waals surface area (Å²) >= 11 is 6.24. The first-order valence-electron chi connectivity index (χ1n) is 11.6. The van der Waals surface area contributed by atoms with Crippen LogP contribution in [0.2, 0.25) is 5.02 Å². The fraction of sp³-hybridized carbons (Fsp3) is 0.269. The van der Waals surface area contributed by atoms with E-state index < -0.39 is 5.82 Å². The van der Waals surface area contributed by atoms with E-state index in [4.69, 9.17) is 23.1 Å². The van der Waals surface area contributed by atoms with Gasteiger partial charge in [0.2, 0.25) is 0 Å². The molecular weight excluding hydrogens is 465 g/mol. The zero-order valence-corrected chi connectivity index (χ0v) is 20.1. The van der Waals surface area contributed by atoms with Crippen LogP contribution >= 0.6 is 11.6 Å². The van der Waals surface area contributed by atoms with Gasteiger partial charge in [-0.3, -0.25) is 4.98 Å². The number of fused-ring (bicyclic) bond motifs is 1. The second-order valence-electron chi connectivity index (χ2n) is 8.98. The number of amidine groups is 1. The van der Waals surface area contributed by atoms with Crippen molar-refractivity contribution >= 4 is 34.3 Å². The van der Waals surface area contributed by atoms with Gasteiger partial charge in [-0.15, -0.1) is 0 Å². The van der Waals surface area contributed by atoms with Crippen LogP contribution in [0.3, 0.4) is 0 Å². The summed E-state index contributed by atoms with van der Waals surface area (Å²) < 4.78 is 15.6. The topological polar surface area (TPSA) is 107 Å². The molecule has 3 heterocycles. The summed E-state index contributed by atoms with van der Waals surface area (Å²) in [5.41, 5.74) is 18.1. The number of nitrogens with two attached hydrogens (primary N) is 2. The van der Waals surface area contributed by atoms with Crippen LogP contribution in [0.15, 0.2) is 60.0 Å². The maximum absolute atomic E-state index is 13.8. The van der Waals surface area contributed by atoms with Gasteiger partial charge in [0.15, 0.2) is 0 Å². The summed E-state index contributed by atoms with van der Waals surface area (Å²) in [6, 6.07) is 10.5. The van der Waals surface area contributed by atoms with Crippen LogP contribution in [-0.4, -0.2) is 32.5 Å². The van der Waals surface area contributed by atoms with Crippen molar-refractivity contribution in [1.29, 1.82) is 0 Å². The van der Waals surface area contributed by atoms with E-state index in [9.17, 15) is 4.39 Å². The van der Waals surface area contributed by atoms with Gasteiger partial charge in [0.1, 0.15) is 11.7 Å². The third-order valence-corrected chi connectivity index (χ3v) is 6.82. The van der Waals surface area contributed by atoms with Crippen molar-refractivity contribution in [2.75, 3.05) is 5.32 Å². The van der Waals surface area contributed by atoms with Gasteiger partial charge in [0.05, 0.1) is 33.7 Å². The zero-order chi connectivity index (χ0) is 24.5. The Balaban J connectivity index is 1.62. The molecule has 1 aliphatic rings. The molecular formula is C26H27ClFN7. The van der Waals surface area contributed by atoms with Gasteiger partial charge < -0.3 is 16.8 Å². The Hall–Kier alpha value is -3.49. The number of hydrogen-bond donors (Lipinski definition) is 3. The van der Waals surface area contributed by atoms with Gasteiger partial charge in [-0.25, -0.2) is 13.9 Å². The Morgan fingerprint density at radius 1 is 1.20 bits per heavy atom. The molecule has 0 radical (unpaired) electrons. The lowest BCUT2D eigenvalue weighted by Crippen LogP contribution is -2.33. The highest BCUT2D eigenvalue weighted by Gasteiger charge is 2.22. The molecule has 0 atom stereocenters. The van der Waals surface area contributed by atoms with Crippen molar-refractivity contribution in [3.63, 3.8) is 0 Å². The van der Waals surface area contributed by atoms with Crippen molar-refractivity contribution in [1.82, 2.24) is 14.6 Å². The van der Waals surface area contributed by atoms with Crippen molar-refractivity contribution in [2.45, 2.75) is 44.7 Å². The Morgan fingerprint density at radius 3 is 2.77 bits per heavy atom. The van der Waals surface area contributed by atoms with Crippen LogP contribution in [0.4, 0.5) is 15.8 Å². The Labute approximate surface area is 208 Å². The van der Waals surface area contributed by atoms with Crippen LogP contribution in [0.5, 0.6) is 0 Å². The molecule has 1 fully saturated rings. The van der Waals surface area contributed by atoms with Crippen molar-refractivity contribution in [3.8, 4) is 11.1 Å². The Bertz CT molecular complexity index is 1410. The molecule has 0 saturated heterocycles. The molecule has 9 heteroatoms. The van der Waals surface area contributed by atoms with Gasteiger partial charge in [0.25, 0.3) is 0 Å². The van der Waals surface area contributed by atoms with Gasteiger partial charge >= 0.3 is 0 Å². The first-order chi connectivity index (χ1) is 16.9. The largest absolute Gasteiger partial charge is 0.383 e. The lowest BCUT2D eigenvalue weighted by molar-refractivity contribution is 0.411. The van der Waals surface area contributed by atoms with Crippen molar-refractivity contribution in [2.24, 2.45) is 16.5 Å². The first-order valence-corrected chi connectivity index (χ1v) is 12.0. The number of benzene rings is 1. The fourth-order valence-electron chi connectivity index (χ4n) is 4.57. The molecule has 1 aromatic carbocycles. The van der Waals surface area contributed by atoms with Crippen LogP contribution in [0, 0.1) is 12.7 Å². The summed E-state index contributed by atoms with van der Waals surface area (Å²) in [6.07, 6.45) is 9.25. The molecule has 0 amide bonds. The number of nitrogens with zero attached hydrogens (tertiary/aromatic N) is 4. The zero-order valence-electron chi connectivity index (χ0n) is 19.4. The molecule has 3 aromatic heterocycles. The van der Waals surface area contributed by atoms with E-state index in [-0.39, 0.29) is 23.6 Å². The highest BCUT2D eigenvalue weighted by Crippen LogP contribution is 2.33. The number of aryl methyl sites for hydroxylation is 1. The maximum atomic E-state index is 13.8. The van der Waals surface area contributed by atoms with E-state index in [1.54, 1.807) is 12.4 Å². The summed E-state index contributed by atoms with van der Waals surface area (Å²) in [4.78, 5) is 8.86. The minimum absolute atomic E-state index is 0.197. The van der Waals surface area contributed by atoms with Crippen LogP contribution < -0.4 is 16.8 Å². The van der Waals surface area contributed by atoms with E-state index in [2.05, 4.69) is 26.5 Å². The van der Waals surface area contributed by atoms with E-state index >= 15 is 0 Å². The summed E-state index contributed by atoms with van der Waals surface area (Å²) in [6.45, 7) is 1.98. The molecule has 0 aliphatic heterocycles. The number of hydrogen-bond acceptors (Lipinski definition) is 5. The van der Waals surface area contributed by atoms with Gasteiger partial charge in [0, 0.05) is 47.4 Å². The first kappa shape index (κ1) is 23.3. The molecule has 5 N–H and O–H groups in total. The predicted octanol–water partition coefficient (Wildman–Crippen LogP) is 5.22. The smallest absolute Gasteiger partial charge is 0.135 e. The number of pyridine rings is 1.